The van der Waals surface area contributed by atoms with Crippen LogP contribution in [-0.4, -0.2) is 38.9 Å². The van der Waals surface area contributed by atoms with Gasteiger partial charge in [0.05, 0.1) is 18.4 Å². The summed E-state index contributed by atoms with van der Waals surface area (Å²) in [6.45, 7) is 2.97. The summed E-state index contributed by atoms with van der Waals surface area (Å²) in [5, 5.41) is 8.28. The van der Waals surface area contributed by atoms with Gasteiger partial charge in [0.25, 0.3) is 5.91 Å². The van der Waals surface area contributed by atoms with Crippen molar-refractivity contribution in [2.45, 2.75) is 25.8 Å². The lowest BCUT2D eigenvalue weighted by molar-refractivity contribution is 0.0683. The SMILES string of the molecule is Cc1ccc(C(=O)N2CCC(n3nccn3)CC2)cc1F. The standard InChI is InChI=1S/C15H17FN4O/c1-11-2-3-12(10-14(11)16)15(21)19-8-4-13(5-9-19)20-17-6-7-18-20/h2-3,6-7,10,13H,4-5,8-9H2,1H3. The van der Waals surface area contributed by atoms with E-state index in [1.165, 1.54) is 6.07 Å². The van der Waals surface area contributed by atoms with Crippen LogP contribution in [0.4, 0.5) is 4.39 Å². The Hall–Kier alpha value is -2.24. The van der Waals surface area contributed by atoms with Crippen LogP contribution in [0.1, 0.15) is 34.8 Å². The van der Waals surface area contributed by atoms with Crippen LogP contribution in [0.15, 0.2) is 30.6 Å². The molecular formula is C15H17FN4O. The molecule has 6 heteroatoms. The summed E-state index contributed by atoms with van der Waals surface area (Å²) >= 11 is 0. The molecular weight excluding hydrogens is 271 g/mol. The maximum absolute atomic E-state index is 13.6. The third-order valence-corrected chi connectivity index (χ3v) is 3.93. The Morgan fingerprint density at radius 1 is 1.24 bits per heavy atom. The smallest absolute Gasteiger partial charge is 0.253 e. The van der Waals surface area contributed by atoms with E-state index in [1.54, 1.807) is 41.1 Å². The monoisotopic (exact) mass is 288 g/mol. The third-order valence-electron chi connectivity index (χ3n) is 3.93. The van der Waals surface area contributed by atoms with Crippen LogP contribution in [0.5, 0.6) is 0 Å². The van der Waals surface area contributed by atoms with Crippen molar-refractivity contribution in [3.05, 3.63) is 47.5 Å². The number of nitrogens with zero attached hydrogens (tertiary/aromatic N) is 4. The summed E-state index contributed by atoms with van der Waals surface area (Å²) in [6, 6.07) is 4.88. The molecule has 3 rings (SSSR count). The highest BCUT2D eigenvalue weighted by molar-refractivity contribution is 5.94. The second kappa shape index (κ2) is 5.63. The highest BCUT2D eigenvalue weighted by Crippen LogP contribution is 2.22. The van der Waals surface area contributed by atoms with Crippen molar-refractivity contribution in [2.75, 3.05) is 13.1 Å². The number of carbonyl (C=O) groups excluding carboxylic acids is 1. The van der Waals surface area contributed by atoms with Crippen molar-refractivity contribution in [3.8, 4) is 0 Å². The van der Waals surface area contributed by atoms with Crippen molar-refractivity contribution < 1.29 is 9.18 Å². The molecule has 110 valence electrons. The van der Waals surface area contributed by atoms with Gasteiger partial charge in [0, 0.05) is 18.7 Å². The quantitative estimate of drug-likeness (QED) is 0.851. The molecule has 1 aliphatic rings. The fraction of sp³-hybridized carbons (Fsp3) is 0.400. The van der Waals surface area contributed by atoms with E-state index in [0.29, 0.717) is 24.2 Å². The first-order chi connectivity index (χ1) is 10.1. The molecule has 0 aliphatic carbocycles. The molecule has 1 amide bonds. The predicted octanol–water partition coefficient (Wildman–Crippen LogP) is 2.20. The van der Waals surface area contributed by atoms with Crippen molar-refractivity contribution in [2.24, 2.45) is 0 Å². The number of piperidine rings is 1. The molecule has 1 aromatic carbocycles. The van der Waals surface area contributed by atoms with E-state index in [9.17, 15) is 9.18 Å². The summed E-state index contributed by atoms with van der Waals surface area (Å²) in [5.41, 5.74) is 0.962. The van der Waals surface area contributed by atoms with Gasteiger partial charge in [-0.2, -0.15) is 15.0 Å². The molecule has 2 aromatic rings. The van der Waals surface area contributed by atoms with Gasteiger partial charge in [-0.15, -0.1) is 0 Å². The third kappa shape index (κ3) is 2.79. The van der Waals surface area contributed by atoms with E-state index in [2.05, 4.69) is 10.2 Å². The number of rotatable bonds is 2. The van der Waals surface area contributed by atoms with Crippen molar-refractivity contribution >= 4 is 5.91 Å². The molecule has 0 saturated carbocycles. The molecule has 0 radical (unpaired) electrons. The first-order valence-electron chi connectivity index (χ1n) is 7.06. The molecule has 0 N–H and O–H groups in total. The van der Waals surface area contributed by atoms with Crippen LogP contribution in [-0.2, 0) is 0 Å². The number of benzene rings is 1. The largest absolute Gasteiger partial charge is 0.338 e. The zero-order valence-electron chi connectivity index (χ0n) is 11.9. The van der Waals surface area contributed by atoms with Crippen molar-refractivity contribution in [3.63, 3.8) is 0 Å². The maximum Gasteiger partial charge on any atom is 0.253 e. The number of aromatic nitrogens is 3. The lowest BCUT2D eigenvalue weighted by Crippen LogP contribution is -2.39. The fourth-order valence-corrected chi connectivity index (χ4v) is 2.62. The zero-order chi connectivity index (χ0) is 14.8. The van der Waals surface area contributed by atoms with Crippen molar-refractivity contribution in [1.29, 1.82) is 0 Å². The lowest BCUT2D eigenvalue weighted by Gasteiger charge is -2.31. The second-order valence-corrected chi connectivity index (χ2v) is 5.34. The predicted molar refractivity (Wildman–Crippen MR) is 75.3 cm³/mol. The second-order valence-electron chi connectivity index (χ2n) is 5.34. The lowest BCUT2D eigenvalue weighted by atomic mass is 10.0. The van der Waals surface area contributed by atoms with E-state index in [4.69, 9.17) is 0 Å². The maximum atomic E-state index is 13.6. The van der Waals surface area contributed by atoms with Gasteiger partial charge < -0.3 is 4.90 Å². The van der Waals surface area contributed by atoms with Crippen LogP contribution in [0.2, 0.25) is 0 Å². The number of hydrogen-bond donors (Lipinski definition) is 0. The van der Waals surface area contributed by atoms with Gasteiger partial charge in [0.2, 0.25) is 0 Å². The number of likely N-dealkylation sites (tertiary alicyclic amines) is 1. The Labute approximate surface area is 122 Å². The van der Waals surface area contributed by atoms with Gasteiger partial charge in [-0.25, -0.2) is 4.39 Å². The van der Waals surface area contributed by atoms with E-state index < -0.39 is 0 Å². The van der Waals surface area contributed by atoms with E-state index >= 15 is 0 Å². The molecule has 0 bridgehead atoms. The van der Waals surface area contributed by atoms with Gasteiger partial charge in [0.15, 0.2) is 0 Å². The molecule has 0 atom stereocenters. The number of aryl methyl sites for hydroxylation is 1. The van der Waals surface area contributed by atoms with Gasteiger partial charge in [0.1, 0.15) is 5.82 Å². The number of halogens is 1. The Kier molecular flexibility index (Phi) is 3.68. The Morgan fingerprint density at radius 3 is 2.52 bits per heavy atom. The van der Waals surface area contributed by atoms with Gasteiger partial charge in [-0.3, -0.25) is 4.79 Å². The van der Waals surface area contributed by atoms with Gasteiger partial charge in [-0.05, 0) is 37.5 Å². The van der Waals surface area contributed by atoms with Crippen LogP contribution in [0.3, 0.4) is 0 Å². The van der Waals surface area contributed by atoms with E-state index in [-0.39, 0.29) is 17.8 Å². The molecule has 1 aliphatic heterocycles. The number of amides is 1. The topological polar surface area (TPSA) is 51.0 Å². The molecule has 0 unspecified atom stereocenters. The van der Waals surface area contributed by atoms with Crippen LogP contribution >= 0.6 is 0 Å². The van der Waals surface area contributed by atoms with Crippen molar-refractivity contribution in [1.82, 2.24) is 19.9 Å². The molecule has 1 fully saturated rings. The minimum atomic E-state index is -0.337. The average molecular weight is 288 g/mol. The van der Waals surface area contributed by atoms with Crippen LogP contribution < -0.4 is 0 Å². The van der Waals surface area contributed by atoms with Gasteiger partial charge in [-0.1, -0.05) is 6.07 Å². The Bertz CT molecular complexity index is 633. The van der Waals surface area contributed by atoms with Crippen LogP contribution in [0, 0.1) is 12.7 Å². The average Bonchev–Trinajstić information content (AvgIpc) is 3.04. The van der Waals surface area contributed by atoms with Gasteiger partial charge >= 0.3 is 0 Å². The summed E-state index contributed by atoms with van der Waals surface area (Å²) in [7, 11) is 0. The van der Waals surface area contributed by atoms with E-state index in [0.717, 1.165) is 12.8 Å². The summed E-state index contributed by atoms with van der Waals surface area (Å²) < 4.78 is 13.6. The minimum Gasteiger partial charge on any atom is -0.338 e. The summed E-state index contributed by atoms with van der Waals surface area (Å²) in [4.78, 5) is 15.8. The molecule has 5 nitrogen and oxygen atoms in total. The number of carbonyl (C=O) groups is 1. The normalized spacial score (nSPS) is 16.2. The fourth-order valence-electron chi connectivity index (χ4n) is 2.62. The molecule has 1 saturated heterocycles. The Morgan fingerprint density at radius 2 is 1.90 bits per heavy atom. The molecule has 2 heterocycles. The first kappa shape index (κ1) is 13.7. The van der Waals surface area contributed by atoms with Crippen LogP contribution in [0.25, 0.3) is 0 Å². The highest BCUT2D eigenvalue weighted by atomic mass is 19.1. The first-order valence-corrected chi connectivity index (χ1v) is 7.06. The highest BCUT2D eigenvalue weighted by Gasteiger charge is 2.25. The van der Waals surface area contributed by atoms with E-state index in [1.807, 2.05) is 0 Å². The summed E-state index contributed by atoms with van der Waals surface area (Å²) in [6.07, 6.45) is 4.95. The zero-order valence-corrected chi connectivity index (χ0v) is 11.9. The Balaban J connectivity index is 1.66. The molecule has 21 heavy (non-hydrogen) atoms. The number of hydrogen-bond acceptors (Lipinski definition) is 3. The minimum absolute atomic E-state index is 0.110. The summed E-state index contributed by atoms with van der Waals surface area (Å²) in [5.74, 6) is -0.447. The molecule has 1 aromatic heterocycles. The molecule has 0 spiro atoms.